The zero-order valence-electron chi connectivity index (χ0n) is 16.3. The van der Waals surface area contributed by atoms with Crippen molar-refractivity contribution in [3.05, 3.63) is 45.9 Å². The number of carbonyl (C=O) groups is 1. The summed E-state index contributed by atoms with van der Waals surface area (Å²) >= 11 is 0. The Morgan fingerprint density at radius 2 is 2.14 bits per heavy atom. The third-order valence-electron chi connectivity index (χ3n) is 6.01. The Hall–Kier alpha value is -2.18. The molecular weight excluding hydrogens is 354 g/mol. The highest BCUT2D eigenvalue weighted by molar-refractivity contribution is 5.86. The Balaban J connectivity index is 1.34. The number of nitrogens with zero attached hydrogens (tertiary/aromatic N) is 1. The second kappa shape index (κ2) is 8.45. The van der Waals surface area contributed by atoms with Gasteiger partial charge in [0.1, 0.15) is 0 Å². The van der Waals surface area contributed by atoms with Crippen LogP contribution in [0.1, 0.15) is 49.8 Å². The van der Waals surface area contributed by atoms with E-state index in [1.807, 2.05) is 29.2 Å². The average Bonchev–Trinajstić information content (AvgIpc) is 3.21. The third-order valence-corrected chi connectivity index (χ3v) is 6.01. The average molecular weight is 383 g/mol. The number of rotatable bonds is 6. The van der Waals surface area contributed by atoms with Gasteiger partial charge in [-0.1, -0.05) is 18.2 Å². The molecule has 28 heavy (non-hydrogen) atoms. The number of amides is 1. The molecule has 2 atom stereocenters. The second-order valence-corrected chi connectivity index (χ2v) is 8.05. The van der Waals surface area contributed by atoms with Gasteiger partial charge in [-0.25, -0.2) is 0 Å². The highest BCUT2D eigenvalue weighted by Crippen LogP contribution is 2.25. The van der Waals surface area contributed by atoms with Crippen LogP contribution in [-0.2, 0) is 22.5 Å². The smallest absolute Gasteiger partial charge is 0.256 e. The van der Waals surface area contributed by atoms with Crippen LogP contribution in [0.25, 0.3) is 10.8 Å². The summed E-state index contributed by atoms with van der Waals surface area (Å²) < 4.78 is 5.64. The molecule has 4 rings (SSSR count). The first kappa shape index (κ1) is 19.2. The van der Waals surface area contributed by atoms with Gasteiger partial charge in [0, 0.05) is 49.7 Å². The first-order chi connectivity index (χ1) is 13.6. The number of nitrogens with one attached hydrogen (secondary N) is 1. The van der Waals surface area contributed by atoms with Gasteiger partial charge < -0.3 is 20.4 Å². The summed E-state index contributed by atoms with van der Waals surface area (Å²) in [6, 6.07) is 7.73. The summed E-state index contributed by atoms with van der Waals surface area (Å²) in [5.41, 5.74) is 8.21. The van der Waals surface area contributed by atoms with E-state index in [1.54, 1.807) is 0 Å². The number of pyridine rings is 1. The molecule has 3 heterocycles. The molecule has 2 aliphatic heterocycles. The molecule has 0 radical (unpaired) electrons. The fourth-order valence-electron chi connectivity index (χ4n) is 4.47. The molecule has 1 aromatic heterocycles. The van der Waals surface area contributed by atoms with Crippen LogP contribution in [0, 0.1) is 0 Å². The van der Waals surface area contributed by atoms with Crippen LogP contribution in [0.2, 0.25) is 0 Å². The number of nitrogens with two attached hydrogens (primary N) is 1. The number of fused-ring (bicyclic) bond motifs is 3. The lowest BCUT2D eigenvalue weighted by molar-refractivity contribution is -0.132. The first-order valence-electron chi connectivity index (χ1n) is 10.4. The van der Waals surface area contributed by atoms with E-state index in [9.17, 15) is 9.59 Å². The molecule has 0 saturated carbocycles. The number of ether oxygens (including phenoxy) is 1. The van der Waals surface area contributed by atoms with E-state index in [2.05, 4.69) is 4.98 Å². The van der Waals surface area contributed by atoms with E-state index < -0.39 is 0 Å². The molecule has 1 fully saturated rings. The Morgan fingerprint density at radius 3 is 2.93 bits per heavy atom. The quantitative estimate of drug-likeness (QED) is 0.802. The van der Waals surface area contributed by atoms with Crippen molar-refractivity contribution in [1.82, 2.24) is 9.88 Å². The van der Waals surface area contributed by atoms with Crippen molar-refractivity contribution in [2.45, 2.75) is 63.6 Å². The second-order valence-electron chi connectivity index (χ2n) is 8.05. The Labute approximate surface area is 165 Å². The van der Waals surface area contributed by atoms with Crippen LogP contribution in [0.15, 0.2) is 29.1 Å². The molecule has 150 valence electrons. The Bertz CT molecular complexity index is 902. The van der Waals surface area contributed by atoms with E-state index in [-0.39, 0.29) is 17.5 Å². The van der Waals surface area contributed by atoms with E-state index in [1.165, 1.54) is 0 Å². The summed E-state index contributed by atoms with van der Waals surface area (Å²) in [6.07, 6.45) is 6.32. The van der Waals surface area contributed by atoms with E-state index >= 15 is 0 Å². The van der Waals surface area contributed by atoms with Crippen molar-refractivity contribution in [2.75, 3.05) is 13.2 Å². The molecule has 2 aliphatic rings. The van der Waals surface area contributed by atoms with Crippen LogP contribution < -0.4 is 11.3 Å². The molecule has 0 bridgehead atoms. The predicted octanol–water partition coefficient (Wildman–Crippen LogP) is 2.48. The minimum Gasteiger partial charge on any atom is -0.378 e. The van der Waals surface area contributed by atoms with Crippen molar-refractivity contribution in [2.24, 2.45) is 5.73 Å². The maximum atomic E-state index is 12.7. The third kappa shape index (κ3) is 4.13. The van der Waals surface area contributed by atoms with Crippen LogP contribution in [0.5, 0.6) is 0 Å². The van der Waals surface area contributed by atoms with Crippen LogP contribution >= 0.6 is 0 Å². The molecule has 1 amide bonds. The zero-order valence-corrected chi connectivity index (χ0v) is 16.3. The molecule has 6 nitrogen and oxygen atoms in total. The number of benzene rings is 1. The van der Waals surface area contributed by atoms with Gasteiger partial charge in [0.15, 0.2) is 0 Å². The number of H-pyrrole nitrogens is 1. The van der Waals surface area contributed by atoms with Gasteiger partial charge in [0.05, 0.1) is 6.10 Å². The standard InChI is InChI=1S/C22H29N3O3/c23-15(13-16-6-4-12-28-16)5-3-9-21(26)25-11-10-20-19(14-25)17-7-1-2-8-18(17)22(27)24-20/h1-2,7-8,15-16H,3-6,9-14,23H2,(H,24,27). The lowest BCUT2D eigenvalue weighted by Gasteiger charge is -2.29. The summed E-state index contributed by atoms with van der Waals surface area (Å²) in [5.74, 6) is 0.172. The number of hydrogen-bond acceptors (Lipinski definition) is 4. The van der Waals surface area contributed by atoms with Gasteiger partial charge in [0.25, 0.3) is 5.56 Å². The highest BCUT2D eigenvalue weighted by Gasteiger charge is 2.24. The van der Waals surface area contributed by atoms with Gasteiger partial charge in [0.2, 0.25) is 5.91 Å². The van der Waals surface area contributed by atoms with Crippen molar-refractivity contribution in [1.29, 1.82) is 0 Å². The fraction of sp³-hybridized carbons (Fsp3) is 0.545. The monoisotopic (exact) mass is 383 g/mol. The van der Waals surface area contributed by atoms with Crippen molar-refractivity contribution in [3.63, 3.8) is 0 Å². The SMILES string of the molecule is NC(CCCC(=O)N1CCc2[nH]c(=O)c3ccccc3c2C1)CC1CCCO1. The molecule has 6 heteroatoms. The minimum atomic E-state index is -0.0469. The van der Waals surface area contributed by atoms with Gasteiger partial charge in [-0.05, 0) is 49.1 Å². The van der Waals surface area contributed by atoms with E-state index in [0.717, 1.165) is 55.4 Å². The van der Waals surface area contributed by atoms with Gasteiger partial charge in [-0.15, -0.1) is 0 Å². The topological polar surface area (TPSA) is 88.4 Å². The van der Waals surface area contributed by atoms with E-state index in [0.29, 0.717) is 37.4 Å². The number of hydrogen-bond donors (Lipinski definition) is 2. The molecule has 2 unspecified atom stereocenters. The summed E-state index contributed by atoms with van der Waals surface area (Å²) in [4.78, 5) is 29.9. The fourth-order valence-corrected chi connectivity index (χ4v) is 4.47. The van der Waals surface area contributed by atoms with Gasteiger partial charge in [-0.2, -0.15) is 0 Å². The normalized spacial score (nSPS) is 20.3. The van der Waals surface area contributed by atoms with Crippen LogP contribution in [0.3, 0.4) is 0 Å². The molecule has 3 N–H and O–H groups in total. The van der Waals surface area contributed by atoms with Crippen LogP contribution in [-0.4, -0.2) is 41.1 Å². The number of carbonyl (C=O) groups excluding carboxylic acids is 1. The first-order valence-corrected chi connectivity index (χ1v) is 10.4. The molecule has 2 aromatic rings. The maximum absolute atomic E-state index is 12.7. The predicted molar refractivity (Wildman–Crippen MR) is 109 cm³/mol. The Morgan fingerprint density at radius 1 is 1.32 bits per heavy atom. The molecule has 0 spiro atoms. The molecule has 0 aliphatic carbocycles. The lowest BCUT2D eigenvalue weighted by Crippen LogP contribution is -2.37. The minimum absolute atomic E-state index is 0.0469. The summed E-state index contributed by atoms with van der Waals surface area (Å²) in [5, 5.41) is 1.65. The number of aromatic amines is 1. The van der Waals surface area contributed by atoms with Gasteiger partial charge >= 0.3 is 0 Å². The molecular formula is C22H29N3O3. The molecule has 1 saturated heterocycles. The number of aromatic nitrogens is 1. The van der Waals surface area contributed by atoms with Crippen molar-refractivity contribution >= 4 is 16.7 Å². The molecule has 1 aromatic carbocycles. The largest absolute Gasteiger partial charge is 0.378 e. The van der Waals surface area contributed by atoms with E-state index in [4.69, 9.17) is 10.5 Å². The summed E-state index contributed by atoms with van der Waals surface area (Å²) in [7, 11) is 0. The zero-order chi connectivity index (χ0) is 19.5. The van der Waals surface area contributed by atoms with Crippen molar-refractivity contribution < 1.29 is 9.53 Å². The Kier molecular flexibility index (Phi) is 5.78. The lowest BCUT2D eigenvalue weighted by atomic mass is 9.98. The van der Waals surface area contributed by atoms with Gasteiger partial charge in [-0.3, -0.25) is 9.59 Å². The highest BCUT2D eigenvalue weighted by atomic mass is 16.5. The van der Waals surface area contributed by atoms with Crippen molar-refractivity contribution in [3.8, 4) is 0 Å². The maximum Gasteiger partial charge on any atom is 0.256 e. The van der Waals surface area contributed by atoms with Crippen LogP contribution in [0.4, 0.5) is 0 Å². The summed E-state index contributed by atoms with van der Waals surface area (Å²) in [6.45, 7) is 2.07.